The summed E-state index contributed by atoms with van der Waals surface area (Å²) in [7, 11) is 0. The fourth-order valence-corrected chi connectivity index (χ4v) is 2.49. The quantitative estimate of drug-likeness (QED) is 0.579. The van der Waals surface area contributed by atoms with Gasteiger partial charge in [0.2, 0.25) is 0 Å². The first-order valence-electron chi connectivity index (χ1n) is 8.16. The number of carbonyl (C=O) groups excluding carboxylic acids is 1. The number of halogens is 1. The van der Waals surface area contributed by atoms with Crippen LogP contribution in [0.2, 0.25) is 5.02 Å². The molecule has 0 aromatic heterocycles. The lowest BCUT2D eigenvalue weighted by Crippen LogP contribution is -2.28. The highest BCUT2D eigenvalue weighted by Crippen LogP contribution is 2.20. The molecule has 0 radical (unpaired) electrons. The number of nitrogens with one attached hydrogen (secondary N) is 1. The number of nitriles is 1. The molecule has 0 atom stereocenters. The summed E-state index contributed by atoms with van der Waals surface area (Å²) in [6.07, 6.45) is 1.66. The Morgan fingerprint density at radius 2 is 1.88 bits per heavy atom. The molecule has 1 aromatic rings. The highest BCUT2D eigenvalue weighted by molar-refractivity contribution is 6.31. The summed E-state index contributed by atoms with van der Waals surface area (Å²) in [5.74, 6) is 0.466. The van der Waals surface area contributed by atoms with Gasteiger partial charge in [-0.2, -0.15) is 5.26 Å². The minimum atomic E-state index is -0.421. The lowest BCUT2D eigenvalue weighted by Gasteiger charge is -2.25. The van der Waals surface area contributed by atoms with Crippen LogP contribution in [0.25, 0.3) is 0 Å². The number of benzene rings is 1. The van der Waals surface area contributed by atoms with Gasteiger partial charge in [0.25, 0.3) is 5.91 Å². The van der Waals surface area contributed by atoms with E-state index in [1.807, 2.05) is 24.0 Å². The molecule has 0 saturated carbocycles. The number of aryl methyl sites for hydroxylation is 1. The summed E-state index contributed by atoms with van der Waals surface area (Å²) in [6.45, 7) is 11.9. The SMILES string of the molecule is Cc1ccc(NC(=O)/C(C#N)=C\N(CC(C)C)CC(C)C)cc1Cl. The molecule has 24 heavy (non-hydrogen) atoms. The van der Waals surface area contributed by atoms with Crippen molar-refractivity contribution in [3.05, 3.63) is 40.6 Å². The smallest absolute Gasteiger partial charge is 0.267 e. The Hall–Kier alpha value is -1.99. The van der Waals surface area contributed by atoms with Crippen molar-refractivity contribution in [2.24, 2.45) is 11.8 Å². The van der Waals surface area contributed by atoms with Crippen molar-refractivity contribution in [3.8, 4) is 6.07 Å². The standard InChI is InChI=1S/C19H26ClN3O/c1-13(2)10-23(11-14(3)4)12-16(9-21)19(24)22-17-7-6-15(5)18(20)8-17/h6-8,12-14H,10-11H2,1-5H3,(H,22,24)/b16-12-. The van der Waals surface area contributed by atoms with Gasteiger partial charge in [-0.3, -0.25) is 4.79 Å². The lowest BCUT2D eigenvalue weighted by molar-refractivity contribution is -0.112. The summed E-state index contributed by atoms with van der Waals surface area (Å²) in [5.41, 5.74) is 1.61. The summed E-state index contributed by atoms with van der Waals surface area (Å²) in [4.78, 5) is 14.4. The van der Waals surface area contributed by atoms with Crippen LogP contribution in [0.3, 0.4) is 0 Å². The van der Waals surface area contributed by atoms with E-state index in [0.717, 1.165) is 18.7 Å². The van der Waals surface area contributed by atoms with Gasteiger partial charge in [0.1, 0.15) is 11.6 Å². The number of amides is 1. The van der Waals surface area contributed by atoms with E-state index < -0.39 is 5.91 Å². The largest absolute Gasteiger partial charge is 0.376 e. The lowest BCUT2D eigenvalue weighted by atomic mass is 10.1. The van der Waals surface area contributed by atoms with Gasteiger partial charge in [0.15, 0.2) is 0 Å². The van der Waals surface area contributed by atoms with Crippen molar-refractivity contribution in [1.82, 2.24) is 4.90 Å². The average molecular weight is 348 g/mol. The van der Waals surface area contributed by atoms with Gasteiger partial charge in [-0.25, -0.2) is 0 Å². The third kappa shape index (κ3) is 6.64. The second-order valence-electron chi connectivity index (χ2n) is 6.81. The van der Waals surface area contributed by atoms with Crippen LogP contribution in [-0.2, 0) is 4.79 Å². The van der Waals surface area contributed by atoms with E-state index in [1.54, 1.807) is 18.3 Å². The zero-order chi connectivity index (χ0) is 18.3. The molecule has 0 aliphatic carbocycles. The van der Waals surface area contributed by atoms with Crippen LogP contribution in [-0.4, -0.2) is 23.9 Å². The summed E-state index contributed by atoms with van der Waals surface area (Å²) < 4.78 is 0. The topological polar surface area (TPSA) is 56.1 Å². The van der Waals surface area contributed by atoms with Crippen molar-refractivity contribution in [2.45, 2.75) is 34.6 Å². The Balaban J connectivity index is 2.93. The van der Waals surface area contributed by atoms with E-state index in [2.05, 4.69) is 33.0 Å². The van der Waals surface area contributed by atoms with Gasteiger partial charge < -0.3 is 10.2 Å². The second kappa shape index (κ2) is 9.34. The highest BCUT2D eigenvalue weighted by Gasteiger charge is 2.14. The van der Waals surface area contributed by atoms with Crippen LogP contribution in [0.4, 0.5) is 5.69 Å². The Morgan fingerprint density at radius 3 is 2.33 bits per heavy atom. The van der Waals surface area contributed by atoms with E-state index in [9.17, 15) is 10.1 Å². The Kier molecular flexibility index (Phi) is 7.81. The number of hydrogen-bond donors (Lipinski definition) is 1. The van der Waals surface area contributed by atoms with Crippen LogP contribution in [0.15, 0.2) is 30.0 Å². The molecule has 0 unspecified atom stereocenters. The van der Waals surface area contributed by atoms with Gasteiger partial charge in [0, 0.05) is 30.0 Å². The van der Waals surface area contributed by atoms with E-state index in [4.69, 9.17) is 11.6 Å². The Labute approximate surface area is 150 Å². The van der Waals surface area contributed by atoms with Crippen LogP contribution < -0.4 is 5.32 Å². The van der Waals surface area contributed by atoms with Gasteiger partial charge in [-0.15, -0.1) is 0 Å². The third-order valence-corrected chi connectivity index (χ3v) is 3.71. The highest BCUT2D eigenvalue weighted by atomic mass is 35.5. The predicted molar refractivity (Wildman–Crippen MR) is 99.8 cm³/mol. The fraction of sp³-hybridized carbons (Fsp3) is 0.474. The van der Waals surface area contributed by atoms with Crippen molar-refractivity contribution in [1.29, 1.82) is 5.26 Å². The van der Waals surface area contributed by atoms with Crippen LogP contribution in [0, 0.1) is 30.1 Å². The minimum Gasteiger partial charge on any atom is -0.376 e. The number of rotatable bonds is 7. The van der Waals surface area contributed by atoms with E-state index in [1.165, 1.54) is 0 Å². The monoisotopic (exact) mass is 347 g/mol. The number of nitrogens with zero attached hydrogens (tertiary/aromatic N) is 2. The van der Waals surface area contributed by atoms with Crippen LogP contribution in [0.5, 0.6) is 0 Å². The molecule has 0 aliphatic heterocycles. The van der Waals surface area contributed by atoms with Crippen molar-refractivity contribution < 1.29 is 4.79 Å². The molecule has 1 aromatic carbocycles. The molecule has 0 fully saturated rings. The molecule has 0 heterocycles. The summed E-state index contributed by atoms with van der Waals surface area (Å²) in [5, 5.41) is 12.7. The predicted octanol–water partition coefficient (Wildman–Crippen LogP) is 4.61. The summed E-state index contributed by atoms with van der Waals surface area (Å²) in [6, 6.07) is 7.29. The van der Waals surface area contributed by atoms with Crippen molar-refractivity contribution >= 4 is 23.2 Å². The van der Waals surface area contributed by atoms with Crippen LogP contribution in [0.1, 0.15) is 33.3 Å². The maximum absolute atomic E-state index is 12.4. The van der Waals surface area contributed by atoms with E-state index in [-0.39, 0.29) is 5.57 Å². The molecular formula is C19H26ClN3O. The molecule has 0 saturated heterocycles. The molecule has 0 bridgehead atoms. The zero-order valence-corrected chi connectivity index (χ0v) is 15.8. The molecule has 1 amide bonds. The Morgan fingerprint density at radius 1 is 1.29 bits per heavy atom. The van der Waals surface area contributed by atoms with Crippen molar-refractivity contribution in [2.75, 3.05) is 18.4 Å². The first-order chi connectivity index (χ1) is 11.2. The maximum atomic E-state index is 12.4. The molecule has 0 spiro atoms. The molecule has 130 valence electrons. The number of anilines is 1. The number of hydrogen-bond acceptors (Lipinski definition) is 3. The number of carbonyl (C=O) groups is 1. The molecule has 5 heteroatoms. The summed E-state index contributed by atoms with van der Waals surface area (Å²) >= 11 is 6.07. The van der Waals surface area contributed by atoms with Gasteiger partial charge >= 0.3 is 0 Å². The zero-order valence-electron chi connectivity index (χ0n) is 15.1. The molecule has 1 rings (SSSR count). The fourth-order valence-electron chi connectivity index (χ4n) is 2.31. The normalized spacial score (nSPS) is 11.5. The molecule has 4 nitrogen and oxygen atoms in total. The van der Waals surface area contributed by atoms with E-state index >= 15 is 0 Å². The average Bonchev–Trinajstić information content (AvgIpc) is 2.47. The van der Waals surface area contributed by atoms with Crippen molar-refractivity contribution in [3.63, 3.8) is 0 Å². The molecule has 0 aliphatic rings. The first kappa shape index (κ1) is 20.1. The Bertz CT molecular complexity index is 635. The first-order valence-corrected chi connectivity index (χ1v) is 8.54. The maximum Gasteiger partial charge on any atom is 0.267 e. The minimum absolute atomic E-state index is 0.0907. The van der Waals surface area contributed by atoms with Gasteiger partial charge in [-0.1, -0.05) is 45.4 Å². The third-order valence-electron chi connectivity index (χ3n) is 3.31. The van der Waals surface area contributed by atoms with Gasteiger partial charge in [0.05, 0.1) is 0 Å². The molecular weight excluding hydrogens is 322 g/mol. The van der Waals surface area contributed by atoms with E-state index in [0.29, 0.717) is 22.5 Å². The van der Waals surface area contributed by atoms with Gasteiger partial charge in [-0.05, 0) is 36.5 Å². The second-order valence-corrected chi connectivity index (χ2v) is 7.22. The van der Waals surface area contributed by atoms with Crippen LogP contribution >= 0.6 is 11.6 Å². The molecule has 1 N–H and O–H groups in total.